The van der Waals surface area contributed by atoms with Crippen molar-refractivity contribution in [3.63, 3.8) is 0 Å². The van der Waals surface area contributed by atoms with E-state index in [-0.39, 0.29) is 16.4 Å². The van der Waals surface area contributed by atoms with Crippen LogP contribution in [0.4, 0.5) is 5.69 Å². The summed E-state index contributed by atoms with van der Waals surface area (Å²) in [4.78, 5) is 13.8. The standard InChI is InChI=1S/C10H7N5O4S/c1-20(18,19)7-2-3-8(9(4-7)15(16)17)14-6-12-10(5-11)13-14/h2-4,6H,1H3. The zero-order valence-corrected chi connectivity index (χ0v) is 10.9. The van der Waals surface area contributed by atoms with Gasteiger partial charge >= 0.3 is 0 Å². The number of nitro groups is 1. The van der Waals surface area contributed by atoms with E-state index in [0.717, 1.165) is 23.3 Å². The summed E-state index contributed by atoms with van der Waals surface area (Å²) >= 11 is 0. The maximum Gasteiger partial charge on any atom is 0.296 e. The largest absolute Gasteiger partial charge is 0.296 e. The molecule has 20 heavy (non-hydrogen) atoms. The third kappa shape index (κ3) is 2.47. The molecule has 0 radical (unpaired) electrons. The van der Waals surface area contributed by atoms with Gasteiger partial charge in [0.1, 0.15) is 18.1 Å². The zero-order chi connectivity index (χ0) is 14.9. The molecule has 1 aromatic carbocycles. The number of sulfone groups is 1. The molecule has 0 aliphatic rings. The molecule has 0 atom stereocenters. The van der Waals surface area contributed by atoms with Crippen LogP contribution in [0.3, 0.4) is 0 Å². The highest BCUT2D eigenvalue weighted by atomic mass is 32.2. The number of benzene rings is 1. The number of nitro benzene ring substituents is 1. The fourth-order valence-electron chi connectivity index (χ4n) is 1.50. The van der Waals surface area contributed by atoms with E-state index in [9.17, 15) is 18.5 Å². The fourth-order valence-corrected chi connectivity index (χ4v) is 2.15. The van der Waals surface area contributed by atoms with Gasteiger partial charge < -0.3 is 0 Å². The van der Waals surface area contributed by atoms with Crippen LogP contribution < -0.4 is 0 Å². The average molecular weight is 293 g/mol. The van der Waals surface area contributed by atoms with E-state index >= 15 is 0 Å². The van der Waals surface area contributed by atoms with Crippen LogP contribution in [0.5, 0.6) is 0 Å². The lowest BCUT2D eigenvalue weighted by atomic mass is 10.3. The summed E-state index contributed by atoms with van der Waals surface area (Å²) in [5.41, 5.74) is -0.418. The minimum atomic E-state index is -3.56. The quantitative estimate of drug-likeness (QED) is 0.592. The van der Waals surface area contributed by atoms with Gasteiger partial charge in [-0.05, 0) is 12.1 Å². The second kappa shape index (κ2) is 4.71. The zero-order valence-electron chi connectivity index (χ0n) is 10.1. The first-order valence-corrected chi connectivity index (χ1v) is 7.02. The molecule has 2 rings (SSSR count). The van der Waals surface area contributed by atoms with Crippen molar-refractivity contribution in [1.82, 2.24) is 14.8 Å². The van der Waals surface area contributed by atoms with E-state index in [4.69, 9.17) is 5.26 Å². The Kier molecular flexibility index (Phi) is 3.21. The first kappa shape index (κ1) is 13.6. The van der Waals surface area contributed by atoms with E-state index in [2.05, 4.69) is 10.1 Å². The highest BCUT2D eigenvalue weighted by molar-refractivity contribution is 7.90. The average Bonchev–Trinajstić information content (AvgIpc) is 2.85. The molecule has 10 heteroatoms. The predicted molar refractivity (Wildman–Crippen MR) is 65.8 cm³/mol. The number of hydrogen-bond donors (Lipinski definition) is 0. The molecule has 0 spiro atoms. The van der Waals surface area contributed by atoms with Crippen molar-refractivity contribution in [1.29, 1.82) is 5.26 Å². The smallest absolute Gasteiger partial charge is 0.258 e. The number of aromatic nitrogens is 3. The van der Waals surface area contributed by atoms with Gasteiger partial charge in [-0.15, -0.1) is 5.10 Å². The summed E-state index contributed by atoms with van der Waals surface area (Å²) in [6.07, 6.45) is 2.09. The molecule has 9 nitrogen and oxygen atoms in total. The Morgan fingerprint density at radius 2 is 2.15 bits per heavy atom. The molecule has 2 aromatic rings. The van der Waals surface area contributed by atoms with Gasteiger partial charge in [-0.2, -0.15) is 5.26 Å². The van der Waals surface area contributed by atoms with Crippen molar-refractivity contribution in [2.75, 3.05) is 6.26 Å². The lowest BCUT2D eigenvalue weighted by Crippen LogP contribution is -2.04. The highest BCUT2D eigenvalue weighted by Gasteiger charge is 2.20. The molecule has 0 amide bonds. The molecular weight excluding hydrogens is 286 g/mol. The molecule has 1 heterocycles. The molecule has 0 aliphatic carbocycles. The first-order valence-electron chi connectivity index (χ1n) is 5.13. The van der Waals surface area contributed by atoms with Gasteiger partial charge in [0.25, 0.3) is 11.5 Å². The Hall–Kier alpha value is -2.80. The van der Waals surface area contributed by atoms with Crippen LogP contribution in [0, 0.1) is 21.4 Å². The topological polar surface area (TPSA) is 132 Å². The summed E-state index contributed by atoms with van der Waals surface area (Å²) < 4.78 is 23.9. The second-order valence-corrected chi connectivity index (χ2v) is 5.82. The Bertz CT molecular complexity index is 834. The van der Waals surface area contributed by atoms with Crippen molar-refractivity contribution >= 4 is 15.5 Å². The third-order valence-electron chi connectivity index (χ3n) is 2.41. The third-order valence-corrected chi connectivity index (χ3v) is 3.52. The number of hydrogen-bond acceptors (Lipinski definition) is 7. The summed E-state index contributed by atoms with van der Waals surface area (Å²) in [6, 6.07) is 5.10. The van der Waals surface area contributed by atoms with E-state index in [1.807, 2.05) is 0 Å². The Morgan fingerprint density at radius 1 is 1.45 bits per heavy atom. The van der Waals surface area contributed by atoms with Gasteiger partial charge in [0.05, 0.1) is 9.82 Å². The van der Waals surface area contributed by atoms with Gasteiger partial charge in [0.2, 0.25) is 0 Å². The number of nitriles is 1. The molecule has 0 fully saturated rings. The fraction of sp³-hybridized carbons (Fsp3) is 0.100. The molecule has 1 aromatic heterocycles. The van der Waals surface area contributed by atoms with Crippen molar-refractivity contribution in [3.8, 4) is 11.8 Å². The monoisotopic (exact) mass is 293 g/mol. The SMILES string of the molecule is CS(=O)(=O)c1ccc(-n2cnc(C#N)n2)c([N+](=O)[O-])c1. The van der Waals surface area contributed by atoms with E-state index < -0.39 is 20.4 Å². The van der Waals surface area contributed by atoms with Gasteiger partial charge in [-0.3, -0.25) is 10.1 Å². The van der Waals surface area contributed by atoms with Gasteiger partial charge in [0, 0.05) is 12.3 Å². The second-order valence-electron chi connectivity index (χ2n) is 3.80. The normalized spacial score (nSPS) is 11.0. The number of rotatable bonds is 3. The molecule has 0 bridgehead atoms. The molecule has 0 N–H and O–H groups in total. The molecule has 0 saturated carbocycles. The lowest BCUT2D eigenvalue weighted by molar-refractivity contribution is -0.384. The van der Waals surface area contributed by atoms with Crippen molar-refractivity contribution < 1.29 is 13.3 Å². The minimum absolute atomic E-state index is 0.0244. The molecular formula is C10H7N5O4S. The van der Waals surface area contributed by atoms with Crippen LogP contribution in [0.1, 0.15) is 5.82 Å². The summed E-state index contributed by atoms with van der Waals surface area (Å²) in [6.45, 7) is 0. The lowest BCUT2D eigenvalue weighted by Gasteiger charge is -2.04. The molecule has 0 aliphatic heterocycles. The van der Waals surface area contributed by atoms with Gasteiger partial charge in [-0.25, -0.2) is 18.1 Å². The van der Waals surface area contributed by atoms with Crippen LogP contribution in [-0.4, -0.2) is 34.4 Å². The van der Waals surface area contributed by atoms with Gasteiger partial charge in [0.15, 0.2) is 9.84 Å². The maximum absolute atomic E-state index is 11.4. The summed E-state index contributed by atoms with van der Waals surface area (Å²) in [7, 11) is -3.56. The van der Waals surface area contributed by atoms with Crippen LogP contribution in [0.25, 0.3) is 5.69 Å². The van der Waals surface area contributed by atoms with E-state index in [1.165, 1.54) is 12.1 Å². The van der Waals surface area contributed by atoms with Crippen LogP contribution in [0.15, 0.2) is 29.4 Å². The van der Waals surface area contributed by atoms with Gasteiger partial charge in [-0.1, -0.05) is 0 Å². The Labute approximate surface area is 113 Å². The molecule has 0 saturated heterocycles. The molecule has 102 valence electrons. The van der Waals surface area contributed by atoms with Crippen molar-refractivity contribution in [2.45, 2.75) is 4.90 Å². The number of nitrogens with zero attached hydrogens (tertiary/aromatic N) is 5. The summed E-state index contributed by atoms with van der Waals surface area (Å²) in [5.74, 6) is -0.147. The maximum atomic E-state index is 11.4. The predicted octanol–water partition coefficient (Wildman–Crippen LogP) is 0.451. The van der Waals surface area contributed by atoms with E-state index in [1.54, 1.807) is 6.07 Å². The van der Waals surface area contributed by atoms with Crippen LogP contribution in [-0.2, 0) is 9.84 Å². The molecule has 0 unspecified atom stereocenters. The van der Waals surface area contributed by atoms with Crippen LogP contribution in [0.2, 0.25) is 0 Å². The Morgan fingerprint density at radius 3 is 2.65 bits per heavy atom. The van der Waals surface area contributed by atoms with Crippen molar-refractivity contribution in [2.24, 2.45) is 0 Å². The van der Waals surface area contributed by atoms with E-state index in [0.29, 0.717) is 0 Å². The summed E-state index contributed by atoms with van der Waals surface area (Å²) in [5, 5.41) is 23.4. The van der Waals surface area contributed by atoms with Crippen molar-refractivity contribution in [3.05, 3.63) is 40.5 Å². The highest BCUT2D eigenvalue weighted by Crippen LogP contribution is 2.25. The first-order chi connectivity index (χ1) is 9.32. The van der Waals surface area contributed by atoms with Crippen LogP contribution >= 0.6 is 0 Å². The minimum Gasteiger partial charge on any atom is -0.258 e. The Balaban J connectivity index is 2.65.